The summed E-state index contributed by atoms with van der Waals surface area (Å²) in [6, 6.07) is 0. The maximum Gasteiger partial charge on any atom is 0.0932 e. The van der Waals surface area contributed by atoms with Gasteiger partial charge in [0.1, 0.15) is 0 Å². The van der Waals surface area contributed by atoms with E-state index in [2.05, 4.69) is 48.7 Å². The van der Waals surface area contributed by atoms with Gasteiger partial charge in [0.25, 0.3) is 0 Å². The van der Waals surface area contributed by atoms with Crippen LogP contribution in [0.1, 0.15) is 86.0 Å². The van der Waals surface area contributed by atoms with Crippen LogP contribution in [0.4, 0.5) is 0 Å². The van der Waals surface area contributed by atoms with E-state index in [-0.39, 0.29) is 0 Å². The third-order valence-corrected chi connectivity index (χ3v) is 6.70. The predicted octanol–water partition coefficient (Wildman–Crippen LogP) is 4.08. The minimum Gasteiger partial charge on any atom is -0.324 e. The summed E-state index contributed by atoms with van der Waals surface area (Å²) in [5.41, 5.74) is 0.397. The molecule has 116 valence electrons. The molecule has 0 bridgehead atoms. The minimum atomic E-state index is 0.397. The minimum absolute atomic E-state index is 0.397. The van der Waals surface area contributed by atoms with Gasteiger partial charge in [-0.2, -0.15) is 0 Å². The SMILES string of the molecule is CCCCCCCCCC(C)(C)[N+](C)(C)C(C)(C)[SiH3]. The molecule has 0 heterocycles. The molecule has 0 amide bonds. The van der Waals surface area contributed by atoms with Gasteiger partial charge in [-0.15, -0.1) is 0 Å². The fourth-order valence-electron chi connectivity index (χ4n) is 2.70. The van der Waals surface area contributed by atoms with E-state index in [9.17, 15) is 0 Å². The molecule has 0 aliphatic heterocycles. The third-order valence-electron chi connectivity index (χ3n) is 5.58. The summed E-state index contributed by atoms with van der Waals surface area (Å²) in [5.74, 6) is 0. The lowest BCUT2D eigenvalue weighted by Crippen LogP contribution is -2.66. The van der Waals surface area contributed by atoms with E-state index in [1.165, 1.54) is 61.6 Å². The lowest BCUT2D eigenvalue weighted by atomic mass is 9.90. The molecule has 0 radical (unpaired) electrons. The van der Waals surface area contributed by atoms with Crippen LogP contribution in [0.2, 0.25) is 0 Å². The Morgan fingerprint density at radius 2 is 1.21 bits per heavy atom. The summed E-state index contributed by atoms with van der Waals surface area (Å²) >= 11 is 0. The highest BCUT2D eigenvalue weighted by Gasteiger charge is 2.43. The number of rotatable bonds is 10. The first-order chi connectivity index (χ1) is 8.56. The molecule has 2 heteroatoms. The fraction of sp³-hybridized carbons (Fsp3) is 1.00. The van der Waals surface area contributed by atoms with Gasteiger partial charge in [0.15, 0.2) is 0 Å². The average Bonchev–Trinajstić information content (AvgIpc) is 2.26. The van der Waals surface area contributed by atoms with Gasteiger partial charge >= 0.3 is 0 Å². The number of hydrogen-bond donors (Lipinski definition) is 0. The van der Waals surface area contributed by atoms with Crippen LogP contribution in [-0.4, -0.2) is 39.5 Å². The Morgan fingerprint density at radius 1 is 0.789 bits per heavy atom. The Morgan fingerprint density at radius 3 is 1.63 bits per heavy atom. The van der Waals surface area contributed by atoms with Gasteiger partial charge < -0.3 is 4.48 Å². The number of hydrogen-bond acceptors (Lipinski definition) is 0. The molecule has 0 saturated heterocycles. The highest BCUT2D eigenvalue weighted by molar-refractivity contribution is 6.13. The molecule has 0 N–H and O–H groups in total. The van der Waals surface area contributed by atoms with Crippen molar-refractivity contribution >= 4 is 10.2 Å². The summed E-state index contributed by atoms with van der Waals surface area (Å²) in [6.07, 6.45) is 11.3. The molecule has 0 aromatic heterocycles. The van der Waals surface area contributed by atoms with Gasteiger partial charge in [0.05, 0.1) is 35.0 Å². The van der Waals surface area contributed by atoms with Crippen LogP contribution in [0.3, 0.4) is 0 Å². The van der Waals surface area contributed by atoms with E-state index in [1.54, 1.807) is 0 Å². The first-order valence-corrected chi connectivity index (χ1v) is 9.40. The van der Waals surface area contributed by atoms with E-state index < -0.39 is 0 Å². The van der Waals surface area contributed by atoms with Crippen molar-refractivity contribution in [3.63, 3.8) is 0 Å². The van der Waals surface area contributed by atoms with Crippen molar-refractivity contribution in [2.45, 2.75) is 96.7 Å². The van der Waals surface area contributed by atoms with Crippen molar-refractivity contribution in [2.24, 2.45) is 0 Å². The van der Waals surface area contributed by atoms with Crippen molar-refractivity contribution in [1.82, 2.24) is 0 Å². The van der Waals surface area contributed by atoms with Gasteiger partial charge in [0, 0.05) is 6.42 Å². The molecule has 0 unspecified atom stereocenters. The van der Waals surface area contributed by atoms with Gasteiger partial charge in [-0.05, 0) is 34.1 Å². The second-order valence-electron chi connectivity index (χ2n) is 8.31. The Kier molecular flexibility index (Phi) is 7.90. The molecule has 0 fully saturated rings. The Labute approximate surface area is 126 Å². The van der Waals surface area contributed by atoms with Crippen LogP contribution in [-0.2, 0) is 0 Å². The molecule has 0 aliphatic rings. The van der Waals surface area contributed by atoms with Crippen molar-refractivity contribution in [3.8, 4) is 0 Å². The third kappa shape index (κ3) is 5.99. The van der Waals surface area contributed by atoms with Gasteiger partial charge in [-0.25, -0.2) is 0 Å². The highest BCUT2D eigenvalue weighted by atomic mass is 28.1. The second kappa shape index (κ2) is 7.83. The number of nitrogens with zero attached hydrogens (tertiary/aromatic N) is 1. The van der Waals surface area contributed by atoms with Crippen LogP contribution >= 0.6 is 0 Å². The van der Waals surface area contributed by atoms with Gasteiger partial charge in [0.2, 0.25) is 0 Å². The molecule has 0 rings (SSSR count). The summed E-state index contributed by atoms with van der Waals surface area (Å²) in [7, 11) is 6.10. The maximum absolute atomic E-state index is 2.46. The van der Waals surface area contributed by atoms with E-state index in [0.29, 0.717) is 10.7 Å². The van der Waals surface area contributed by atoms with E-state index in [0.717, 1.165) is 4.48 Å². The molecule has 0 spiro atoms. The van der Waals surface area contributed by atoms with Crippen molar-refractivity contribution in [1.29, 1.82) is 0 Å². The molecule has 0 atom stereocenters. The molecule has 19 heavy (non-hydrogen) atoms. The predicted molar refractivity (Wildman–Crippen MR) is 92.8 cm³/mol. The van der Waals surface area contributed by atoms with E-state index in [4.69, 9.17) is 0 Å². The monoisotopic (exact) mass is 286 g/mol. The zero-order valence-corrected chi connectivity index (χ0v) is 17.1. The van der Waals surface area contributed by atoms with Crippen molar-refractivity contribution in [2.75, 3.05) is 14.1 Å². The van der Waals surface area contributed by atoms with Crippen LogP contribution in [0.5, 0.6) is 0 Å². The topological polar surface area (TPSA) is 0 Å². The van der Waals surface area contributed by atoms with Crippen LogP contribution < -0.4 is 0 Å². The van der Waals surface area contributed by atoms with Crippen molar-refractivity contribution in [3.05, 3.63) is 0 Å². The van der Waals surface area contributed by atoms with Crippen LogP contribution in [0.25, 0.3) is 0 Å². The van der Waals surface area contributed by atoms with E-state index >= 15 is 0 Å². The average molecular weight is 287 g/mol. The van der Waals surface area contributed by atoms with Gasteiger partial charge in [-0.3, -0.25) is 0 Å². The van der Waals surface area contributed by atoms with E-state index in [1.807, 2.05) is 0 Å². The van der Waals surface area contributed by atoms with Crippen molar-refractivity contribution < 1.29 is 4.48 Å². The first kappa shape index (κ1) is 19.2. The summed E-state index contributed by atoms with van der Waals surface area (Å²) in [5, 5.41) is 0.449. The zero-order chi connectivity index (χ0) is 15.2. The lowest BCUT2D eigenvalue weighted by molar-refractivity contribution is -0.968. The maximum atomic E-state index is 2.46. The largest absolute Gasteiger partial charge is 0.324 e. The zero-order valence-electron chi connectivity index (χ0n) is 15.1. The smallest absolute Gasteiger partial charge is 0.0932 e. The summed E-state index contributed by atoms with van der Waals surface area (Å²) < 4.78 is 1.15. The Balaban J connectivity index is 4.04. The molecular weight excluding hydrogens is 246 g/mol. The molecular formula is C17H40NSi+. The molecule has 0 aromatic carbocycles. The highest BCUT2D eigenvalue weighted by Crippen LogP contribution is 2.33. The fourth-order valence-corrected chi connectivity index (χ4v) is 3.31. The normalized spacial score (nSPS) is 14.1. The van der Waals surface area contributed by atoms with Crippen LogP contribution in [0, 0.1) is 0 Å². The first-order valence-electron chi connectivity index (χ1n) is 8.40. The number of quaternary nitrogens is 1. The molecule has 0 aliphatic carbocycles. The lowest BCUT2D eigenvalue weighted by Gasteiger charge is -2.53. The molecule has 0 saturated carbocycles. The Hall–Kier alpha value is 0.177. The van der Waals surface area contributed by atoms with Crippen LogP contribution in [0.15, 0.2) is 0 Å². The molecule has 1 nitrogen and oxygen atoms in total. The quantitative estimate of drug-likeness (QED) is 0.322. The standard InChI is InChI=1S/C17H40NSi/c1-8-9-10-11-12-13-14-15-16(2,3)18(6,7)17(4,5)19/h8-15H2,1-7,19H3/q+1. The Bertz CT molecular complexity index is 238. The summed E-state index contributed by atoms with van der Waals surface area (Å²) in [6.45, 7) is 12.1. The summed E-state index contributed by atoms with van der Waals surface area (Å²) in [4.78, 5) is 0. The molecule has 0 aromatic rings. The van der Waals surface area contributed by atoms with Gasteiger partial charge in [-0.1, -0.05) is 45.4 Å². The second-order valence-corrected chi connectivity index (χ2v) is 10.8. The number of unbranched alkanes of at least 4 members (excludes halogenated alkanes) is 6.